The standard InChI is InChI=1S/C17H18N4OS2/c1-2-11-4-5-12-13(9-18)16(24-14(12)8-11)21-15(22)10-23-17-19-6-3-7-20-17/h3,6-7,11H,2,4-5,8,10H2,1H3,(H,21,22). The van der Waals surface area contributed by atoms with E-state index in [1.54, 1.807) is 29.8 Å². The highest BCUT2D eigenvalue weighted by atomic mass is 32.2. The van der Waals surface area contributed by atoms with Gasteiger partial charge in [0, 0.05) is 17.3 Å². The molecule has 3 rings (SSSR count). The van der Waals surface area contributed by atoms with Gasteiger partial charge in [0.05, 0.1) is 11.3 Å². The lowest BCUT2D eigenvalue weighted by Crippen LogP contribution is -2.14. The largest absolute Gasteiger partial charge is 0.316 e. The third-order valence-corrected chi connectivity index (χ3v) is 6.23. The number of carbonyl (C=O) groups excluding carboxylic acids is 1. The first-order valence-corrected chi connectivity index (χ1v) is 9.75. The fourth-order valence-electron chi connectivity index (χ4n) is 2.86. The van der Waals surface area contributed by atoms with Gasteiger partial charge in [0.25, 0.3) is 0 Å². The molecule has 2 aromatic heterocycles. The van der Waals surface area contributed by atoms with Crippen LogP contribution in [0.4, 0.5) is 5.00 Å². The molecule has 0 aromatic carbocycles. The van der Waals surface area contributed by atoms with Crippen LogP contribution in [-0.4, -0.2) is 21.6 Å². The molecule has 0 saturated carbocycles. The molecule has 2 aromatic rings. The van der Waals surface area contributed by atoms with Crippen LogP contribution in [0.2, 0.25) is 0 Å². The number of rotatable bonds is 5. The van der Waals surface area contributed by atoms with Crippen molar-refractivity contribution >= 4 is 34.0 Å². The number of hydrogen-bond acceptors (Lipinski definition) is 6. The van der Waals surface area contributed by atoms with E-state index in [2.05, 4.69) is 28.3 Å². The van der Waals surface area contributed by atoms with E-state index in [-0.39, 0.29) is 11.7 Å². The Bertz CT molecular complexity index is 767. The van der Waals surface area contributed by atoms with Crippen LogP contribution in [0.3, 0.4) is 0 Å². The maximum atomic E-state index is 12.2. The second kappa shape index (κ2) is 7.77. The van der Waals surface area contributed by atoms with Crippen molar-refractivity contribution in [3.05, 3.63) is 34.5 Å². The fraction of sp³-hybridized carbons (Fsp3) is 0.412. The number of amides is 1. The van der Waals surface area contributed by atoms with E-state index in [4.69, 9.17) is 0 Å². The average molecular weight is 358 g/mol. The van der Waals surface area contributed by atoms with Crippen LogP contribution >= 0.6 is 23.1 Å². The predicted molar refractivity (Wildman–Crippen MR) is 96.2 cm³/mol. The number of carbonyl (C=O) groups is 1. The van der Waals surface area contributed by atoms with Crippen molar-refractivity contribution < 1.29 is 4.79 Å². The highest BCUT2D eigenvalue weighted by molar-refractivity contribution is 7.99. The summed E-state index contributed by atoms with van der Waals surface area (Å²) in [6.45, 7) is 2.21. The summed E-state index contributed by atoms with van der Waals surface area (Å²) >= 11 is 2.85. The van der Waals surface area contributed by atoms with Crippen LogP contribution in [0.25, 0.3) is 0 Å². The van der Waals surface area contributed by atoms with Crippen molar-refractivity contribution in [2.45, 2.75) is 37.8 Å². The molecule has 1 unspecified atom stereocenters. The van der Waals surface area contributed by atoms with Gasteiger partial charge < -0.3 is 5.32 Å². The number of nitrogens with zero attached hydrogens (tertiary/aromatic N) is 3. The van der Waals surface area contributed by atoms with Crippen LogP contribution in [0, 0.1) is 17.2 Å². The van der Waals surface area contributed by atoms with E-state index in [1.807, 2.05) is 0 Å². The van der Waals surface area contributed by atoms with Crippen LogP contribution in [0.5, 0.6) is 0 Å². The van der Waals surface area contributed by atoms with Gasteiger partial charge in [-0.1, -0.05) is 25.1 Å². The summed E-state index contributed by atoms with van der Waals surface area (Å²) in [5, 5.41) is 13.7. The molecule has 0 aliphatic heterocycles. The Morgan fingerprint density at radius 2 is 2.29 bits per heavy atom. The highest BCUT2D eigenvalue weighted by Gasteiger charge is 2.25. The summed E-state index contributed by atoms with van der Waals surface area (Å²) in [5.41, 5.74) is 1.79. The molecule has 124 valence electrons. The summed E-state index contributed by atoms with van der Waals surface area (Å²) in [7, 11) is 0. The Morgan fingerprint density at radius 3 is 3.00 bits per heavy atom. The van der Waals surface area contributed by atoms with Gasteiger partial charge in [0.2, 0.25) is 5.91 Å². The number of anilines is 1. The molecule has 1 N–H and O–H groups in total. The second-order valence-electron chi connectivity index (χ2n) is 5.71. The number of nitriles is 1. The number of thiophene rings is 1. The van der Waals surface area contributed by atoms with Crippen LogP contribution in [0.15, 0.2) is 23.6 Å². The van der Waals surface area contributed by atoms with Crippen molar-refractivity contribution in [2.24, 2.45) is 5.92 Å². The third kappa shape index (κ3) is 3.77. The number of hydrogen-bond donors (Lipinski definition) is 1. The molecule has 1 atom stereocenters. The van der Waals surface area contributed by atoms with E-state index >= 15 is 0 Å². The van der Waals surface area contributed by atoms with Gasteiger partial charge in [-0.05, 0) is 36.8 Å². The second-order valence-corrected chi connectivity index (χ2v) is 7.75. The molecule has 24 heavy (non-hydrogen) atoms. The summed E-state index contributed by atoms with van der Waals surface area (Å²) < 4.78 is 0. The zero-order valence-electron chi connectivity index (χ0n) is 13.4. The molecule has 1 aliphatic rings. The first-order valence-electron chi connectivity index (χ1n) is 7.95. The lowest BCUT2D eigenvalue weighted by Gasteiger charge is -2.20. The Morgan fingerprint density at radius 1 is 1.50 bits per heavy atom. The lowest BCUT2D eigenvalue weighted by molar-refractivity contribution is -0.113. The van der Waals surface area contributed by atoms with Crippen molar-refractivity contribution in [3.8, 4) is 6.07 Å². The van der Waals surface area contributed by atoms with Crippen molar-refractivity contribution in [1.29, 1.82) is 5.26 Å². The lowest BCUT2D eigenvalue weighted by atomic mass is 9.86. The van der Waals surface area contributed by atoms with Gasteiger partial charge in [-0.25, -0.2) is 9.97 Å². The number of fused-ring (bicyclic) bond motifs is 1. The molecule has 2 heterocycles. The van der Waals surface area contributed by atoms with E-state index in [9.17, 15) is 10.1 Å². The van der Waals surface area contributed by atoms with Gasteiger partial charge >= 0.3 is 0 Å². The normalized spacial score (nSPS) is 16.2. The predicted octanol–water partition coefficient (Wildman–Crippen LogP) is 3.66. The van der Waals surface area contributed by atoms with E-state index in [1.165, 1.54) is 16.6 Å². The van der Waals surface area contributed by atoms with Crippen molar-refractivity contribution in [2.75, 3.05) is 11.1 Å². The Balaban J connectivity index is 1.68. The molecule has 0 bridgehead atoms. The molecule has 7 heteroatoms. The summed E-state index contributed by atoms with van der Waals surface area (Å²) in [5.74, 6) is 0.793. The summed E-state index contributed by atoms with van der Waals surface area (Å²) in [6.07, 6.45) is 7.55. The van der Waals surface area contributed by atoms with E-state index < -0.39 is 0 Å². The molecule has 0 spiro atoms. The fourth-order valence-corrected chi connectivity index (χ4v) is 4.79. The number of thioether (sulfide) groups is 1. The van der Waals surface area contributed by atoms with Crippen LogP contribution < -0.4 is 5.32 Å². The average Bonchev–Trinajstić information content (AvgIpc) is 2.96. The summed E-state index contributed by atoms with van der Waals surface area (Å²) in [4.78, 5) is 21.6. The molecule has 0 saturated heterocycles. The molecule has 1 amide bonds. The van der Waals surface area contributed by atoms with Crippen LogP contribution in [-0.2, 0) is 17.6 Å². The Kier molecular flexibility index (Phi) is 5.48. The molecular formula is C17H18N4OS2. The minimum absolute atomic E-state index is 0.130. The Labute approximate surface area is 149 Å². The zero-order valence-corrected chi connectivity index (χ0v) is 15.0. The first-order chi connectivity index (χ1) is 11.7. The Hall–Kier alpha value is -1.91. The molecular weight excluding hydrogens is 340 g/mol. The van der Waals surface area contributed by atoms with Crippen molar-refractivity contribution in [3.63, 3.8) is 0 Å². The number of aromatic nitrogens is 2. The monoisotopic (exact) mass is 358 g/mol. The van der Waals surface area contributed by atoms with Crippen LogP contribution in [0.1, 0.15) is 35.8 Å². The molecule has 5 nitrogen and oxygen atoms in total. The van der Waals surface area contributed by atoms with E-state index in [0.717, 1.165) is 31.2 Å². The smallest absolute Gasteiger partial charge is 0.235 e. The number of nitrogens with one attached hydrogen (secondary N) is 1. The van der Waals surface area contributed by atoms with Gasteiger partial charge in [0.15, 0.2) is 5.16 Å². The molecule has 1 aliphatic carbocycles. The summed E-state index contributed by atoms with van der Waals surface area (Å²) in [6, 6.07) is 4.02. The minimum Gasteiger partial charge on any atom is -0.316 e. The van der Waals surface area contributed by atoms with Gasteiger partial charge in [-0.15, -0.1) is 11.3 Å². The maximum Gasteiger partial charge on any atom is 0.235 e. The third-order valence-electron chi connectivity index (χ3n) is 4.18. The minimum atomic E-state index is -0.130. The van der Waals surface area contributed by atoms with Gasteiger partial charge in [0.1, 0.15) is 11.1 Å². The quantitative estimate of drug-likeness (QED) is 0.652. The maximum absolute atomic E-state index is 12.2. The van der Waals surface area contributed by atoms with Gasteiger partial charge in [-0.3, -0.25) is 4.79 Å². The highest BCUT2D eigenvalue weighted by Crippen LogP contribution is 2.40. The zero-order chi connectivity index (χ0) is 16.9. The SMILES string of the molecule is CCC1CCc2c(sc(NC(=O)CSc3ncccn3)c2C#N)C1. The molecule has 0 radical (unpaired) electrons. The topological polar surface area (TPSA) is 78.7 Å². The first kappa shape index (κ1) is 16.9. The van der Waals surface area contributed by atoms with Gasteiger partial charge in [-0.2, -0.15) is 5.26 Å². The van der Waals surface area contributed by atoms with E-state index in [0.29, 0.717) is 21.6 Å². The van der Waals surface area contributed by atoms with Crippen molar-refractivity contribution in [1.82, 2.24) is 9.97 Å². The molecule has 0 fully saturated rings.